The van der Waals surface area contributed by atoms with E-state index in [4.69, 9.17) is 4.52 Å². The minimum Gasteiger partial charge on any atom is -0.357 e. The Morgan fingerprint density at radius 2 is 2.00 bits per heavy atom. The Labute approximate surface area is 177 Å². The highest BCUT2D eigenvalue weighted by Gasteiger charge is 2.21. The van der Waals surface area contributed by atoms with Crippen molar-refractivity contribution in [2.24, 2.45) is 4.99 Å². The van der Waals surface area contributed by atoms with Gasteiger partial charge in [-0.1, -0.05) is 32.0 Å². The Hall–Kier alpha value is -1.71. The monoisotopic (exact) mass is 489 g/mol. The van der Waals surface area contributed by atoms with Gasteiger partial charge in [0, 0.05) is 18.5 Å². The second-order valence-corrected chi connectivity index (χ2v) is 7.21. The molecule has 0 amide bonds. The highest BCUT2D eigenvalue weighted by atomic mass is 127. The average Bonchev–Trinajstić information content (AvgIpc) is 3.04. The van der Waals surface area contributed by atoms with Crippen LogP contribution in [0.1, 0.15) is 50.5 Å². The molecule has 0 aliphatic carbocycles. The van der Waals surface area contributed by atoms with Crippen molar-refractivity contribution in [2.75, 3.05) is 13.1 Å². The molecule has 2 N–H and O–H groups in total. The lowest BCUT2D eigenvalue weighted by atomic mass is 9.97. The van der Waals surface area contributed by atoms with Gasteiger partial charge in [-0.2, -0.15) is 4.98 Å². The van der Waals surface area contributed by atoms with E-state index in [2.05, 4.69) is 25.8 Å². The Kier molecular flexibility index (Phi) is 9.14. The third-order valence-electron chi connectivity index (χ3n) is 3.82. The van der Waals surface area contributed by atoms with Gasteiger partial charge in [0.05, 0.1) is 0 Å². The van der Waals surface area contributed by atoms with Crippen LogP contribution >= 0.6 is 24.0 Å². The fraction of sp³-hybridized carbons (Fsp3) is 0.526. The maximum Gasteiger partial charge on any atom is 0.232 e. The molecular formula is C19H29FIN5O. The van der Waals surface area contributed by atoms with Gasteiger partial charge in [-0.15, -0.1) is 24.0 Å². The molecular weight excluding hydrogens is 460 g/mol. The van der Waals surface area contributed by atoms with Crippen LogP contribution in [-0.4, -0.2) is 29.2 Å². The van der Waals surface area contributed by atoms with E-state index in [1.54, 1.807) is 6.07 Å². The molecule has 150 valence electrons. The molecule has 0 fully saturated rings. The minimum atomic E-state index is -0.205. The van der Waals surface area contributed by atoms with Gasteiger partial charge in [-0.3, -0.25) is 0 Å². The summed E-state index contributed by atoms with van der Waals surface area (Å²) in [5.74, 6) is 1.65. The molecule has 0 spiro atoms. The molecule has 2 rings (SSSR count). The summed E-state index contributed by atoms with van der Waals surface area (Å²) in [7, 11) is 0. The number of nitrogens with one attached hydrogen (secondary N) is 2. The van der Waals surface area contributed by atoms with Gasteiger partial charge in [-0.05, 0) is 43.5 Å². The minimum absolute atomic E-state index is 0. The first-order valence-corrected chi connectivity index (χ1v) is 8.90. The van der Waals surface area contributed by atoms with Crippen molar-refractivity contribution in [1.29, 1.82) is 0 Å². The predicted molar refractivity (Wildman–Crippen MR) is 116 cm³/mol. The van der Waals surface area contributed by atoms with Crippen molar-refractivity contribution in [3.05, 3.63) is 46.9 Å². The van der Waals surface area contributed by atoms with E-state index in [1.807, 2.05) is 40.7 Å². The highest BCUT2D eigenvalue weighted by molar-refractivity contribution is 14.0. The Morgan fingerprint density at radius 1 is 1.26 bits per heavy atom. The Bertz CT molecular complexity index is 755. The SMILES string of the molecule is CCNC(=NCc1noc(C(C)(C)C)n1)NCCc1ccc(F)cc1C.I. The van der Waals surface area contributed by atoms with Gasteiger partial charge >= 0.3 is 0 Å². The normalized spacial score (nSPS) is 11.9. The fourth-order valence-corrected chi connectivity index (χ4v) is 2.37. The first-order chi connectivity index (χ1) is 12.3. The predicted octanol–water partition coefficient (Wildman–Crippen LogP) is 3.73. The number of aliphatic imine (C=N–C) groups is 1. The standard InChI is InChI=1S/C19H28FN5O.HI/c1-6-21-18(22-10-9-14-7-8-15(20)11-13(14)2)23-12-16-24-17(26-25-16)19(3,4)5;/h7-8,11H,6,9-10,12H2,1-5H3,(H2,21,22,23);1H. The summed E-state index contributed by atoms with van der Waals surface area (Å²) < 4.78 is 18.5. The van der Waals surface area contributed by atoms with Gasteiger partial charge in [0.2, 0.25) is 5.89 Å². The number of benzene rings is 1. The van der Waals surface area contributed by atoms with E-state index in [0.29, 0.717) is 30.8 Å². The summed E-state index contributed by atoms with van der Waals surface area (Å²) in [6.45, 7) is 11.8. The van der Waals surface area contributed by atoms with Crippen LogP contribution in [0.25, 0.3) is 0 Å². The zero-order valence-corrected chi connectivity index (χ0v) is 18.9. The number of rotatable bonds is 6. The summed E-state index contributed by atoms with van der Waals surface area (Å²) in [5.41, 5.74) is 1.89. The fourth-order valence-electron chi connectivity index (χ4n) is 2.37. The van der Waals surface area contributed by atoms with E-state index in [0.717, 1.165) is 24.1 Å². The molecule has 0 radical (unpaired) electrons. The highest BCUT2D eigenvalue weighted by Crippen LogP contribution is 2.19. The van der Waals surface area contributed by atoms with Crippen LogP contribution in [0.3, 0.4) is 0 Å². The molecule has 1 aromatic heterocycles. The second-order valence-electron chi connectivity index (χ2n) is 7.21. The van der Waals surface area contributed by atoms with Crippen LogP contribution in [-0.2, 0) is 18.4 Å². The van der Waals surface area contributed by atoms with Crippen molar-refractivity contribution in [1.82, 2.24) is 20.8 Å². The Balaban J connectivity index is 0.00000364. The lowest BCUT2D eigenvalue weighted by Gasteiger charge is -2.12. The largest absolute Gasteiger partial charge is 0.357 e. The summed E-state index contributed by atoms with van der Waals surface area (Å²) in [6, 6.07) is 4.87. The molecule has 0 atom stereocenters. The molecule has 27 heavy (non-hydrogen) atoms. The van der Waals surface area contributed by atoms with E-state index >= 15 is 0 Å². The van der Waals surface area contributed by atoms with Crippen molar-refractivity contribution in [3.8, 4) is 0 Å². The number of guanidine groups is 1. The molecule has 0 unspecified atom stereocenters. The first-order valence-electron chi connectivity index (χ1n) is 8.90. The third kappa shape index (κ3) is 7.43. The van der Waals surface area contributed by atoms with E-state index in [1.165, 1.54) is 6.07 Å². The van der Waals surface area contributed by atoms with E-state index < -0.39 is 0 Å². The van der Waals surface area contributed by atoms with E-state index in [-0.39, 0.29) is 35.2 Å². The summed E-state index contributed by atoms with van der Waals surface area (Å²) in [4.78, 5) is 8.88. The number of halogens is 2. The molecule has 8 heteroatoms. The molecule has 0 bridgehead atoms. The number of hydrogen-bond donors (Lipinski definition) is 2. The number of nitrogens with zero attached hydrogens (tertiary/aromatic N) is 3. The van der Waals surface area contributed by atoms with Crippen molar-refractivity contribution in [3.63, 3.8) is 0 Å². The van der Waals surface area contributed by atoms with Crippen LogP contribution in [0.4, 0.5) is 4.39 Å². The van der Waals surface area contributed by atoms with Crippen LogP contribution < -0.4 is 10.6 Å². The van der Waals surface area contributed by atoms with Crippen molar-refractivity contribution < 1.29 is 8.91 Å². The zero-order valence-electron chi connectivity index (χ0n) is 16.6. The quantitative estimate of drug-likeness (QED) is 0.368. The Morgan fingerprint density at radius 3 is 2.59 bits per heavy atom. The second kappa shape index (κ2) is 10.6. The number of aromatic nitrogens is 2. The lowest BCUT2D eigenvalue weighted by Crippen LogP contribution is -2.38. The van der Waals surface area contributed by atoms with Crippen molar-refractivity contribution >= 4 is 29.9 Å². The van der Waals surface area contributed by atoms with Gasteiger partial charge in [-0.25, -0.2) is 9.38 Å². The molecule has 0 aliphatic heterocycles. The summed E-state index contributed by atoms with van der Waals surface area (Å²) in [6.07, 6.45) is 0.785. The third-order valence-corrected chi connectivity index (χ3v) is 3.82. The molecule has 2 aromatic rings. The number of aryl methyl sites for hydroxylation is 1. The molecule has 1 aromatic carbocycles. The van der Waals surface area contributed by atoms with Gasteiger partial charge in [0.25, 0.3) is 0 Å². The molecule has 6 nitrogen and oxygen atoms in total. The topological polar surface area (TPSA) is 75.3 Å². The maximum atomic E-state index is 13.2. The van der Waals surface area contributed by atoms with Gasteiger partial charge in [0.15, 0.2) is 11.8 Å². The smallest absolute Gasteiger partial charge is 0.232 e. The summed E-state index contributed by atoms with van der Waals surface area (Å²) >= 11 is 0. The van der Waals surface area contributed by atoms with Crippen LogP contribution in [0, 0.1) is 12.7 Å². The van der Waals surface area contributed by atoms with E-state index in [9.17, 15) is 4.39 Å². The van der Waals surface area contributed by atoms with Crippen LogP contribution in [0.5, 0.6) is 0 Å². The molecule has 0 saturated heterocycles. The van der Waals surface area contributed by atoms with Gasteiger partial charge in [0.1, 0.15) is 12.4 Å². The van der Waals surface area contributed by atoms with Crippen molar-refractivity contribution in [2.45, 2.75) is 53.0 Å². The maximum absolute atomic E-state index is 13.2. The summed E-state index contributed by atoms with van der Waals surface area (Å²) in [5, 5.41) is 10.4. The number of hydrogen-bond acceptors (Lipinski definition) is 4. The van der Waals surface area contributed by atoms with Crippen LogP contribution in [0.15, 0.2) is 27.7 Å². The molecule has 1 heterocycles. The molecule has 0 saturated carbocycles. The average molecular weight is 489 g/mol. The first kappa shape index (κ1) is 23.3. The van der Waals surface area contributed by atoms with Gasteiger partial charge < -0.3 is 15.2 Å². The van der Waals surface area contributed by atoms with Crippen LogP contribution in [0.2, 0.25) is 0 Å². The lowest BCUT2D eigenvalue weighted by molar-refractivity contribution is 0.318. The molecule has 0 aliphatic rings. The zero-order chi connectivity index (χ0) is 19.2.